The molecule has 1 amide bonds. The third kappa shape index (κ3) is 3.35. The van der Waals surface area contributed by atoms with Gasteiger partial charge in [-0.3, -0.25) is 19.4 Å². The molecule has 0 fully saturated rings. The average molecular weight is 293 g/mol. The molecule has 0 unspecified atom stereocenters. The molecule has 0 aliphatic heterocycles. The van der Waals surface area contributed by atoms with Crippen LogP contribution in [0.1, 0.15) is 5.56 Å². The molecule has 0 saturated carbocycles. The van der Waals surface area contributed by atoms with Crippen LogP contribution in [0.4, 0.5) is 0 Å². The molecular formula is C16H15N5O. The standard InChI is InChI=1S/C16H15N5O/c22-15(12-21-9-3-8-20-21)19-11-14-5-2-7-18-16(14)13-4-1-6-17-10-13/h1-10H,11-12H2,(H,19,22). The molecule has 6 nitrogen and oxygen atoms in total. The van der Waals surface area contributed by atoms with Gasteiger partial charge in [-0.2, -0.15) is 5.10 Å². The molecule has 3 aromatic heterocycles. The molecule has 22 heavy (non-hydrogen) atoms. The van der Waals surface area contributed by atoms with Crippen molar-refractivity contribution in [2.24, 2.45) is 0 Å². The second kappa shape index (κ2) is 6.62. The van der Waals surface area contributed by atoms with E-state index in [9.17, 15) is 4.79 Å². The van der Waals surface area contributed by atoms with Crippen LogP contribution in [-0.4, -0.2) is 25.7 Å². The molecule has 0 bridgehead atoms. The van der Waals surface area contributed by atoms with Gasteiger partial charge < -0.3 is 5.32 Å². The lowest BCUT2D eigenvalue weighted by Gasteiger charge is -2.10. The van der Waals surface area contributed by atoms with Gasteiger partial charge in [0.05, 0.1) is 5.69 Å². The maximum Gasteiger partial charge on any atom is 0.241 e. The molecule has 3 heterocycles. The van der Waals surface area contributed by atoms with E-state index < -0.39 is 0 Å². The van der Waals surface area contributed by atoms with E-state index in [0.717, 1.165) is 16.8 Å². The van der Waals surface area contributed by atoms with Crippen molar-refractivity contribution in [1.29, 1.82) is 0 Å². The van der Waals surface area contributed by atoms with Crippen LogP contribution in [0, 0.1) is 0 Å². The smallest absolute Gasteiger partial charge is 0.241 e. The first-order valence-electron chi connectivity index (χ1n) is 6.91. The first-order valence-corrected chi connectivity index (χ1v) is 6.91. The predicted molar refractivity (Wildman–Crippen MR) is 81.5 cm³/mol. The minimum atomic E-state index is -0.0929. The average Bonchev–Trinajstić information content (AvgIpc) is 3.07. The van der Waals surface area contributed by atoms with Crippen molar-refractivity contribution in [2.75, 3.05) is 0 Å². The van der Waals surface area contributed by atoms with Crippen molar-refractivity contribution in [3.8, 4) is 11.3 Å². The molecule has 0 aliphatic rings. The van der Waals surface area contributed by atoms with E-state index in [-0.39, 0.29) is 12.5 Å². The number of aromatic nitrogens is 4. The first kappa shape index (κ1) is 13.9. The topological polar surface area (TPSA) is 72.7 Å². The number of pyridine rings is 2. The molecule has 1 N–H and O–H groups in total. The van der Waals surface area contributed by atoms with Crippen molar-refractivity contribution >= 4 is 5.91 Å². The Kier molecular flexibility index (Phi) is 4.20. The fourth-order valence-electron chi connectivity index (χ4n) is 2.13. The van der Waals surface area contributed by atoms with Crippen LogP contribution in [0.15, 0.2) is 61.3 Å². The van der Waals surface area contributed by atoms with E-state index in [1.165, 1.54) is 0 Å². The highest BCUT2D eigenvalue weighted by Gasteiger charge is 2.08. The summed E-state index contributed by atoms with van der Waals surface area (Å²) in [7, 11) is 0. The lowest BCUT2D eigenvalue weighted by atomic mass is 10.1. The molecule has 0 aromatic carbocycles. The van der Waals surface area contributed by atoms with Gasteiger partial charge in [0.1, 0.15) is 6.54 Å². The van der Waals surface area contributed by atoms with Crippen molar-refractivity contribution in [3.63, 3.8) is 0 Å². The zero-order valence-electron chi connectivity index (χ0n) is 11.9. The van der Waals surface area contributed by atoms with Gasteiger partial charge in [0.25, 0.3) is 0 Å². The van der Waals surface area contributed by atoms with Gasteiger partial charge in [0.15, 0.2) is 0 Å². The maximum absolute atomic E-state index is 11.9. The Morgan fingerprint density at radius 2 is 2.05 bits per heavy atom. The SMILES string of the molecule is O=C(Cn1cccn1)NCc1cccnc1-c1cccnc1. The fraction of sp³-hybridized carbons (Fsp3) is 0.125. The molecule has 3 aromatic rings. The number of carbonyl (C=O) groups is 1. The molecule has 110 valence electrons. The van der Waals surface area contributed by atoms with E-state index in [1.807, 2.05) is 24.3 Å². The van der Waals surface area contributed by atoms with Crippen molar-refractivity contribution in [3.05, 3.63) is 66.9 Å². The van der Waals surface area contributed by atoms with Crippen LogP contribution in [0.3, 0.4) is 0 Å². The number of amides is 1. The number of hydrogen-bond acceptors (Lipinski definition) is 4. The Balaban J connectivity index is 1.69. The summed E-state index contributed by atoms with van der Waals surface area (Å²) in [6.45, 7) is 0.619. The Bertz CT molecular complexity index is 740. The molecule has 0 spiro atoms. The number of nitrogens with one attached hydrogen (secondary N) is 1. The quantitative estimate of drug-likeness (QED) is 0.776. The maximum atomic E-state index is 11.9. The Labute approximate surface area is 127 Å². The van der Waals surface area contributed by atoms with Gasteiger partial charge in [-0.25, -0.2) is 0 Å². The number of hydrogen-bond donors (Lipinski definition) is 1. The number of rotatable bonds is 5. The molecule has 0 atom stereocenters. The molecule has 0 aliphatic carbocycles. The lowest BCUT2D eigenvalue weighted by Crippen LogP contribution is -2.27. The van der Waals surface area contributed by atoms with Crippen LogP contribution in [0.2, 0.25) is 0 Å². The monoisotopic (exact) mass is 293 g/mol. The van der Waals surface area contributed by atoms with E-state index in [1.54, 1.807) is 41.7 Å². The van der Waals surface area contributed by atoms with Crippen molar-refractivity contribution in [1.82, 2.24) is 25.1 Å². The van der Waals surface area contributed by atoms with Crippen molar-refractivity contribution < 1.29 is 4.79 Å². The van der Waals surface area contributed by atoms with E-state index >= 15 is 0 Å². The van der Waals surface area contributed by atoms with Gasteiger partial charge in [0, 0.05) is 43.1 Å². The summed E-state index contributed by atoms with van der Waals surface area (Å²) < 4.78 is 1.58. The molecule has 0 radical (unpaired) electrons. The molecule has 0 saturated heterocycles. The summed E-state index contributed by atoms with van der Waals surface area (Å²) >= 11 is 0. The lowest BCUT2D eigenvalue weighted by molar-refractivity contribution is -0.122. The molecule has 3 rings (SSSR count). The van der Waals surface area contributed by atoms with E-state index in [4.69, 9.17) is 0 Å². The summed E-state index contributed by atoms with van der Waals surface area (Å²) in [5.41, 5.74) is 2.71. The third-order valence-electron chi connectivity index (χ3n) is 3.17. The zero-order chi connectivity index (χ0) is 15.2. The van der Waals surface area contributed by atoms with E-state index in [2.05, 4.69) is 20.4 Å². The molecular weight excluding hydrogens is 278 g/mol. The van der Waals surface area contributed by atoms with Gasteiger partial charge >= 0.3 is 0 Å². The molecule has 6 heteroatoms. The number of nitrogens with zero attached hydrogens (tertiary/aromatic N) is 4. The minimum absolute atomic E-state index is 0.0929. The summed E-state index contributed by atoms with van der Waals surface area (Å²) in [5, 5.41) is 6.90. The van der Waals surface area contributed by atoms with Gasteiger partial charge in [0.2, 0.25) is 5.91 Å². The second-order valence-corrected chi connectivity index (χ2v) is 4.73. The van der Waals surface area contributed by atoms with Crippen LogP contribution >= 0.6 is 0 Å². The summed E-state index contributed by atoms with van der Waals surface area (Å²) in [6, 6.07) is 9.40. The van der Waals surface area contributed by atoms with E-state index in [0.29, 0.717) is 6.54 Å². The van der Waals surface area contributed by atoms with Crippen LogP contribution in [-0.2, 0) is 17.9 Å². The highest BCUT2D eigenvalue weighted by molar-refractivity contribution is 5.76. The largest absolute Gasteiger partial charge is 0.350 e. The zero-order valence-corrected chi connectivity index (χ0v) is 11.9. The summed E-state index contributed by atoms with van der Waals surface area (Å²) in [6.07, 6.45) is 8.62. The highest BCUT2D eigenvalue weighted by Crippen LogP contribution is 2.19. The minimum Gasteiger partial charge on any atom is -0.350 e. The first-order chi connectivity index (χ1) is 10.8. The Morgan fingerprint density at radius 3 is 2.82 bits per heavy atom. The van der Waals surface area contributed by atoms with Gasteiger partial charge in [-0.15, -0.1) is 0 Å². The summed E-state index contributed by atoms with van der Waals surface area (Å²) in [5.74, 6) is -0.0929. The van der Waals surface area contributed by atoms with Crippen LogP contribution in [0.25, 0.3) is 11.3 Å². The van der Waals surface area contributed by atoms with Gasteiger partial charge in [-0.05, 0) is 29.8 Å². The fourth-order valence-corrected chi connectivity index (χ4v) is 2.13. The summed E-state index contributed by atoms with van der Waals surface area (Å²) in [4.78, 5) is 20.4. The third-order valence-corrected chi connectivity index (χ3v) is 3.17. The van der Waals surface area contributed by atoms with Gasteiger partial charge in [-0.1, -0.05) is 6.07 Å². The van der Waals surface area contributed by atoms with Crippen molar-refractivity contribution in [2.45, 2.75) is 13.1 Å². The Hall–Kier alpha value is -3.02. The predicted octanol–water partition coefficient (Wildman–Crippen LogP) is 1.66. The Morgan fingerprint density at radius 1 is 1.14 bits per heavy atom. The van der Waals surface area contributed by atoms with Crippen LogP contribution < -0.4 is 5.32 Å². The second-order valence-electron chi connectivity index (χ2n) is 4.73. The number of carbonyl (C=O) groups excluding carboxylic acids is 1. The van der Waals surface area contributed by atoms with Crippen LogP contribution in [0.5, 0.6) is 0 Å². The highest BCUT2D eigenvalue weighted by atomic mass is 16.2. The normalized spacial score (nSPS) is 10.4.